The number of carboxylic acid groups (broad SMARTS) is 1. The summed E-state index contributed by atoms with van der Waals surface area (Å²) in [6, 6.07) is 3.18. The van der Waals surface area contributed by atoms with Crippen molar-refractivity contribution >= 4 is 23.6 Å². The largest absolute Gasteiger partial charge is 0.478 e. The van der Waals surface area contributed by atoms with Crippen LogP contribution in [0.2, 0.25) is 5.02 Å². The van der Waals surface area contributed by atoms with Gasteiger partial charge in [0.15, 0.2) is 0 Å². The van der Waals surface area contributed by atoms with Crippen LogP contribution in [-0.2, 0) is 11.0 Å². The Morgan fingerprint density at radius 3 is 2.47 bits per heavy atom. The Balaban J connectivity index is 3.35. The normalized spacial score (nSPS) is 12.6. The molecule has 1 aromatic rings. The number of alkyl halides is 3. The van der Waals surface area contributed by atoms with Gasteiger partial charge in [0, 0.05) is 10.6 Å². The molecule has 0 aliphatic heterocycles. The van der Waals surface area contributed by atoms with Crippen molar-refractivity contribution in [3.05, 3.63) is 39.9 Å². The molecule has 0 aromatic heterocycles. The highest BCUT2D eigenvalue weighted by atomic mass is 35.5. The Morgan fingerprint density at radius 2 is 2.00 bits per heavy atom. The Hall–Kier alpha value is -1.49. The zero-order valence-corrected chi connectivity index (χ0v) is 9.43. The summed E-state index contributed by atoms with van der Waals surface area (Å²) in [4.78, 5) is 10.6. The van der Waals surface area contributed by atoms with Gasteiger partial charge < -0.3 is 5.11 Å². The third-order valence-electron chi connectivity index (χ3n) is 2.03. The predicted octanol–water partition coefficient (Wildman–Crippen LogP) is 3.85. The van der Waals surface area contributed by atoms with Crippen LogP contribution in [0.1, 0.15) is 18.1 Å². The minimum absolute atomic E-state index is 0.0533. The van der Waals surface area contributed by atoms with Gasteiger partial charge in [-0.15, -0.1) is 0 Å². The number of hydrogen-bond acceptors (Lipinski definition) is 1. The Kier molecular flexibility index (Phi) is 3.83. The van der Waals surface area contributed by atoms with E-state index in [1.165, 1.54) is 13.0 Å². The fourth-order valence-electron chi connectivity index (χ4n) is 1.19. The van der Waals surface area contributed by atoms with E-state index in [0.29, 0.717) is 0 Å². The lowest BCUT2D eigenvalue weighted by molar-refractivity contribution is -0.138. The first-order valence-corrected chi connectivity index (χ1v) is 4.88. The summed E-state index contributed by atoms with van der Waals surface area (Å²) in [6.07, 6.45) is -3.61. The molecule has 6 heteroatoms. The zero-order chi connectivity index (χ0) is 13.2. The van der Waals surface area contributed by atoms with Crippen LogP contribution in [0.4, 0.5) is 13.2 Å². The third kappa shape index (κ3) is 3.49. The van der Waals surface area contributed by atoms with E-state index in [1.807, 2.05) is 0 Å². The summed E-state index contributed by atoms with van der Waals surface area (Å²) >= 11 is 5.48. The highest BCUT2D eigenvalue weighted by Crippen LogP contribution is 2.34. The lowest BCUT2D eigenvalue weighted by atomic mass is 10.0. The standard InChI is InChI=1S/C11H8ClF3O2/c1-6(10(16)17)4-7-2-3-8(12)5-9(7)11(13,14)15/h2-5H,1H3,(H,16,17)/b6-4+. The second-order valence-corrected chi connectivity index (χ2v) is 3.80. The predicted molar refractivity (Wildman–Crippen MR) is 57.7 cm³/mol. The molecule has 0 saturated carbocycles. The lowest BCUT2D eigenvalue weighted by Crippen LogP contribution is -2.08. The quantitative estimate of drug-likeness (QED) is 0.824. The van der Waals surface area contributed by atoms with Crippen LogP contribution in [0.15, 0.2) is 23.8 Å². The number of halogens is 4. The van der Waals surface area contributed by atoms with E-state index in [9.17, 15) is 18.0 Å². The van der Waals surface area contributed by atoms with Crippen molar-refractivity contribution < 1.29 is 23.1 Å². The number of benzene rings is 1. The first kappa shape index (κ1) is 13.6. The van der Waals surface area contributed by atoms with Gasteiger partial charge in [0.05, 0.1) is 5.56 Å². The molecule has 1 rings (SSSR count). The van der Waals surface area contributed by atoms with Crippen LogP contribution in [0.25, 0.3) is 6.08 Å². The number of rotatable bonds is 2. The first-order valence-electron chi connectivity index (χ1n) is 4.50. The molecule has 92 valence electrons. The number of carbonyl (C=O) groups is 1. The maximum Gasteiger partial charge on any atom is 0.417 e. The average Bonchev–Trinajstić information content (AvgIpc) is 2.18. The molecule has 0 aliphatic rings. The van der Waals surface area contributed by atoms with Gasteiger partial charge in [0.2, 0.25) is 0 Å². The third-order valence-corrected chi connectivity index (χ3v) is 2.27. The minimum Gasteiger partial charge on any atom is -0.478 e. The van der Waals surface area contributed by atoms with Gasteiger partial charge in [-0.25, -0.2) is 4.79 Å². The van der Waals surface area contributed by atoms with Crippen LogP contribution >= 0.6 is 11.6 Å². The first-order chi connectivity index (χ1) is 7.71. The van der Waals surface area contributed by atoms with Gasteiger partial charge in [0.1, 0.15) is 0 Å². The monoisotopic (exact) mass is 264 g/mol. The van der Waals surface area contributed by atoms with Crippen molar-refractivity contribution in [1.82, 2.24) is 0 Å². The molecule has 2 nitrogen and oxygen atoms in total. The van der Waals surface area contributed by atoms with Gasteiger partial charge in [-0.05, 0) is 30.7 Å². The van der Waals surface area contributed by atoms with E-state index >= 15 is 0 Å². The Labute approximate surface area is 100 Å². The average molecular weight is 265 g/mol. The molecule has 1 N–H and O–H groups in total. The van der Waals surface area contributed by atoms with Crippen LogP contribution in [0.3, 0.4) is 0 Å². The second-order valence-electron chi connectivity index (χ2n) is 3.36. The van der Waals surface area contributed by atoms with E-state index < -0.39 is 17.7 Å². The number of carboxylic acids is 1. The molecule has 0 spiro atoms. The van der Waals surface area contributed by atoms with Gasteiger partial charge in [0.25, 0.3) is 0 Å². The summed E-state index contributed by atoms with van der Waals surface area (Å²) < 4.78 is 37.9. The number of hydrogen-bond donors (Lipinski definition) is 1. The van der Waals surface area contributed by atoms with E-state index in [-0.39, 0.29) is 16.2 Å². The van der Waals surface area contributed by atoms with Crippen molar-refractivity contribution in [3.63, 3.8) is 0 Å². The molecule has 0 aliphatic carbocycles. The van der Waals surface area contributed by atoms with Gasteiger partial charge in [-0.2, -0.15) is 13.2 Å². The molecular formula is C11H8ClF3O2. The SMILES string of the molecule is C/C(=C\c1ccc(Cl)cc1C(F)(F)F)C(=O)O. The summed E-state index contributed by atoms with van der Waals surface area (Å²) in [7, 11) is 0. The van der Waals surface area contributed by atoms with Crippen molar-refractivity contribution in [2.45, 2.75) is 13.1 Å². The molecule has 0 saturated heterocycles. The van der Waals surface area contributed by atoms with Gasteiger partial charge >= 0.3 is 12.1 Å². The molecule has 17 heavy (non-hydrogen) atoms. The summed E-state index contributed by atoms with van der Waals surface area (Å²) in [6.45, 7) is 1.22. The fraction of sp³-hybridized carbons (Fsp3) is 0.182. The smallest absolute Gasteiger partial charge is 0.417 e. The van der Waals surface area contributed by atoms with E-state index in [4.69, 9.17) is 16.7 Å². The lowest BCUT2D eigenvalue weighted by Gasteiger charge is -2.11. The summed E-state index contributed by atoms with van der Waals surface area (Å²) in [5, 5.41) is 8.56. The van der Waals surface area contributed by atoms with Gasteiger partial charge in [-0.1, -0.05) is 17.7 Å². The van der Waals surface area contributed by atoms with Gasteiger partial charge in [-0.3, -0.25) is 0 Å². The zero-order valence-electron chi connectivity index (χ0n) is 8.68. The van der Waals surface area contributed by atoms with Crippen molar-refractivity contribution in [2.75, 3.05) is 0 Å². The molecule has 0 bridgehead atoms. The minimum atomic E-state index is -4.57. The van der Waals surface area contributed by atoms with E-state index in [1.54, 1.807) is 0 Å². The molecule has 0 fully saturated rings. The molecule has 0 radical (unpaired) electrons. The topological polar surface area (TPSA) is 37.3 Å². The number of aliphatic carboxylic acids is 1. The highest BCUT2D eigenvalue weighted by Gasteiger charge is 2.33. The molecule has 0 heterocycles. The molecule has 0 atom stereocenters. The van der Waals surface area contributed by atoms with Crippen molar-refractivity contribution in [1.29, 1.82) is 0 Å². The summed E-state index contributed by atoms with van der Waals surface area (Å²) in [5.41, 5.74) is -1.36. The Morgan fingerprint density at radius 1 is 1.41 bits per heavy atom. The van der Waals surface area contributed by atoms with Crippen LogP contribution in [0, 0.1) is 0 Å². The highest BCUT2D eigenvalue weighted by molar-refractivity contribution is 6.30. The van der Waals surface area contributed by atoms with Crippen molar-refractivity contribution in [2.24, 2.45) is 0 Å². The molecule has 1 aromatic carbocycles. The van der Waals surface area contributed by atoms with E-state index in [0.717, 1.165) is 18.2 Å². The van der Waals surface area contributed by atoms with E-state index in [2.05, 4.69) is 0 Å². The molecular weight excluding hydrogens is 257 g/mol. The molecule has 0 unspecified atom stereocenters. The molecule has 0 amide bonds. The maximum absolute atomic E-state index is 12.6. The summed E-state index contributed by atoms with van der Waals surface area (Å²) in [5.74, 6) is -1.27. The maximum atomic E-state index is 12.6. The van der Waals surface area contributed by atoms with Crippen LogP contribution in [-0.4, -0.2) is 11.1 Å². The van der Waals surface area contributed by atoms with Crippen LogP contribution in [0.5, 0.6) is 0 Å². The van der Waals surface area contributed by atoms with Crippen molar-refractivity contribution in [3.8, 4) is 0 Å². The van der Waals surface area contributed by atoms with Crippen LogP contribution < -0.4 is 0 Å². The fourth-order valence-corrected chi connectivity index (χ4v) is 1.37. The second kappa shape index (κ2) is 4.79. The Bertz CT molecular complexity index is 478.